The van der Waals surface area contributed by atoms with Gasteiger partial charge >= 0.3 is 5.97 Å². The largest absolute Gasteiger partial charge is 0.481 e. The highest BCUT2D eigenvalue weighted by Crippen LogP contribution is 2.32. The molecule has 1 fully saturated rings. The fourth-order valence-electron chi connectivity index (χ4n) is 2.16. The Labute approximate surface area is 115 Å². The second-order valence-electron chi connectivity index (χ2n) is 5.06. The van der Waals surface area contributed by atoms with Crippen LogP contribution in [0.1, 0.15) is 42.1 Å². The molecule has 0 atom stereocenters. The van der Waals surface area contributed by atoms with E-state index in [0.29, 0.717) is 37.2 Å². The zero-order valence-electron chi connectivity index (χ0n) is 11.0. The van der Waals surface area contributed by atoms with E-state index in [1.807, 2.05) is 6.92 Å². The number of aliphatic carboxylic acids is 1. The number of piperidine rings is 1. The molecular weight excluding hydrogens is 266 g/mol. The first-order chi connectivity index (χ1) is 8.98. The van der Waals surface area contributed by atoms with Crippen LogP contribution in [-0.4, -0.2) is 44.6 Å². The molecule has 0 bridgehead atoms. The first kappa shape index (κ1) is 13.9. The zero-order valence-corrected chi connectivity index (χ0v) is 11.9. The maximum atomic E-state index is 12.3. The van der Waals surface area contributed by atoms with Gasteiger partial charge in [0.25, 0.3) is 5.91 Å². The number of likely N-dealkylation sites (tertiary alicyclic amines) is 1. The minimum Gasteiger partial charge on any atom is -0.481 e. The number of carbonyl (C=O) groups is 2. The van der Waals surface area contributed by atoms with Crippen LogP contribution in [0.4, 0.5) is 0 Å². The van der Waals surface area contributed by atoms with Gasteiger partial charge in [0.15, 0.2) is 0 Å². The Bertz CT molecular complexity index is 492. The summed E-state index contributed by atoms with van der Waals surface area (Å²) in [5, 5.41) is 13.1. The SMILES string of the molecule is CCc1nnsc1C(=O)N1CCC(C)(C(=O)O)CC1. The first-order valence-corrected chi connectivity index (χ1v) is 7.09. The molecule has 0 unspecified atom stereocenters. The summed E-state index contributed by atoms with van der Waals surface area (Å²) in [6, 6.07) is 0. The van der Waals surface area contributed by atoms with Crippen molar-refractivity contribution in [3.8, 4) is 0 Å². The van der Waals surface area contributed by atoms with Crippen molar-refractivity contribution in [2.75, 3.05) is 13.1 Å². The van der Waals surface area contributed by atoms with Gasteiger partial charge in [0.1, 0.15) is 4.88 Å². The maximum Gasteiger partial charge on any atom is 0.309 e. The highest BCUT2D eigenvalue weighted by Gasteiger charge is 2.38. The molecule has 0 radical (unpaired) electrons. The van der Waals surface area contributed by atoms with Crippen molar-refractivity contribution in [3.63, 3.8) is 0 Å². The van der Waals surface area contributed by atoms with E-state index in [4.69, 9.17) is 5.11 Å². The van der Waals surface area contributed by atoms with Gasteiger partial charge in [-0.3, -0.25) is 9.59 Å². The maximum absolute atomic E-state index is 12.3. The molecule has 19 heavy (non-hydrogen) atoms. The number of hydrogen-bond donors (Lipinski definition) is 1. The molecule has 7 heteroatoms. The molecule has 0 aromatic carbocycles. The highest BCUT2D eigenvalue weighted by molar-refractivity contribution is 7.08. The topological polar surface area (TPSA) is 83.4 Å². The van der Waals surface area contributed by atoms with Crippen molar-refractivity contribution >= 4 is 23.4 Å². The third-order valence-corrected chi connectivity index (χ3v) is 4.51. The summed E-state index contributed by atoms with van der Waals surface area (Å²) in [6.07, 6.45) is 1.65. The molecule has 0 aliphatic carbocycles. The van der Waals surface area contributed by atoms with Crippen LogP contribution in [0.3, 0.4) is 0 Å². The number of carboxylic acids is 1. The minimum atomic E-state index is -0.784. The number of amides is 1. The molecule has 104 valence electrons. The number of aromatic nitrogens is 2. The number of carboxylic acid groups (broad SMARTS) is 1. The first-order valence-electron chi connectivity index (χ1n) is 6.32. The van der Waals surface area contributed by atoms with Crippen LogP contribution in [0, 0.1) is 5.41 Å². The van der Waals surface area contributed by atoms with Crippen molar-refractivity contribution in [1.82, 2.24) is 14.5 Å². The van der Waals surface area contributed by atoms with Crippen LogP contribution in [-0.2, 0) is 11.2 Å². The Morgan fingerprint density at radius 1 is 1.42 bits per heavy atom. The molecule has 1 aromatic rings. The lowest BCUT2D eigenvalue weighted by Gasteiger charge is -2.36. The molecule has 1 aliphatic rings. The highest BCUT2D eigenvalue weighted by atomic mass is 32.1. The van der Waals surface area contributed by atoms with Crippen molar-refractivity contribution < 1.29 is 14.7 Å². The van der Waals surface area contributed by atoms with Gasteiger partial charge in [0.2, 0.25) is 0 Å². The van der Waals surface area contributed by atoms with Gasteiger partial charge in [-0.1, -0.05) is 11.4 Å². The van der Waals surface area contributed by atoms with Crippen LogP contribution >= 0.6 is 11.5 Å². The van der Waals surface area contributed by atoms with Crippen molar-refractivity contribution in [2.45, 2.75) is 33.1 Å². The van der Waals surface area contributed by atoms with Crippen LogP contribution in [0.15, 0.2) is 0 Å². The van der Waals surface area contributed by atoms with Gasteiger partial charge in [-0.05, 0) is 37.7 Å². The second kappa shape index (κ2) is 5.24. The second-order valence-corrected chi connectivity index (χ2v) is 5.81. The fraction of sp³-hybridized carbons (Fsp3) is 0.667. The molecule has 0 spiro atoms. The van der Waals surface area contributed by atoms with E-state index in [1.165, 1.54) is 0 Å². The molecule has 1 saturated heterocycles. The van der Waals surface area contributed by atoms with E-state index >= 15 is 0 Å². The molecule has 0 saturated carbocycles. The average molecular weight is 283 g/mol. The Morgan fingerprint density at radius 3 is 2.58 bits per heavy atom. The van der Waals surface area contributed by atoms with Gasteiger partial charge < -0.3 is 10.0 Å². The van der Waals surface area contributed by atoms with Gasteiger partial charge in [-0.2, -0.15) is 0 Å². The van der Waals surface area contributed by atoms with Crippen LogP contribution in [0.25, 0.3) is 0 Å². The van der Waals surface area contributed by atoms with E-state index in [9.17, 15) is 9.59 Å². The van der Waals surface area contributed by atoms with E-state index < -0.39 is 11.4 Å². The Balaban J connectivity index is 2.06. The quantitative estimate of drug-likeness (QED) is 0.907. The lowest BCUT2D eigenvalue weighted by atomic mass is 9.80. The van der Waals surface area contributed by atoms with Crippen LogP contribution < -0.4 is 0 Å². The summed E-state index contributed by atoms with van der Waals surface area (Å²) in [7, 11) is 0. The van der Waals surface area contributed by atoms with E-state index in [1.54, 1.807) is 11.8 Å². The number of aryl methyl sites for hydroxylation is 1. The predicted molar refractivity (Wildman–Crippen MR) is 70.2 cm³/mol. The predicted octanol–water partition coefficient (Wildman–Crippen LogP) is 1.43. The van der Waals surface area contributed by atoms with Crippen LogP contribution in [0.5, 0.6) is 0 Å². The molecule has 1 aromatic heterocycles. The summed E-state index contributed by atoms with van der Waals surface area (Å²) < 4.78 is 3.82. The standard InChI is InChI=1S/C12H17N3O3S/c1-3-8-9(19-14-13-8)10(16)15-6-4-12(2,5-7-15)11(17)18/h3-7H2,1-2H3,(H,17,18). The zero-order chi connectivity index (χ0) is 14.0. The molecular formula is C12H17N3O3S. The molecule has 1 aliphatic heterocycles. The number of rotatable bonds is 3. The van der Waals surface area contributed by atoms with E-state index in [-0.39, 0.29) is 5.91 Å². The molecule has 1 amide bonds. The van der Waals surface area contributed by atoms with Crippen molar-refractivity contribution in [1.29, 1.82) is 0 Å². The van der Waals surface area contributed by atoms with Gasteiger partial charge in [-0.25, -0.2) is 0 Å². The van der Waals surface area contributed by atoms with Gasteiger partial charge in [-0.15, -0.1) is 5.10 Å². The molecule has 2 heterocycles. The summed E-state index contributed by atoms with van der Waals surface area (Å²) in [5.74, 6) is -0.854. The number of carbonyl (C=O) groups excluding carboxylic acids is 1. The number of nitrogens with zero attached hydrogens (tertiary/aromatic N) is 3. The minimum absolute atomic E-state index is 0.0701. The monoisotopic (exact) mass is 283 g/mol. The Kier molecular flexibility index (Phi) is 3.84. The van der Waals surface area contributed by atoms with E-state index in [0.717, 1.165) is 17.2 Å². The summed E-state index contributed by atoms with van der Waals surface area (Å²) in [6.45, 7) is 4.62. The van der Waals surface area contributed by atoms with Gasteiger partial charge in [0, 0.05) is 13.1 Å². The lowest BCUT2D eigenvalue weighted by molar-refractivity contribution is -0.150. The Morgan fingerprint density at radius 2 is 2.05 bits per heavy atom. The fourth-order valence-corrected chi connectivity index (χ4v) is 2.88. The molecule has 6 nitrogen and oxygen atoms in total. The third-order valence-electron chi connectivity index (χ3n) is 3.76. The normalized spacial score (nSPS) is 18.3. The summed E-state index contributed by atoms with van der Waals surface area (Å²) in [5.41, 5.74) is 0.0117. The lowest BCUT2D eigenvalue weighted by Crippen LogP contribution is -2.45. The molecule has 1 N–H and O–H groups in total. The van der Waals surface area contributed by atoms with Gasteiger partial charge in [0.05, 0.1) is 11.1 Å². The van der Waals surface area contributed by atoms with Crippen molar-refractivity contribution in [3.05, 3.63) is 10.6 Å². The van der Waals surface area contributed by atoms with Crippen LogP contribution in [0.2, 0.25) is 0 Å². The molecule has 2 rings (SSSR count). The smallest absolute Gasteiger partial charge is 0.309 e. The summed E-state index contributed by atoms with van der Waals surface area (Å²) >= 11 is 1.11. The van der Waals surface area contributed by atoms with E-state index in [2.05, 4.69) is 9.59 Å². The summed E-state index contributed by atoms with van der Waals surface area (Å²) in [4.78, 5) is 25.8. The number of hydrogen-bond acceptors (Lipinski definition) is 5. The third kappa shape index (κ3) is 2.60. The Hall–Kier alpha value is -1.50. The van der Waals surface area contributed by atoms with Crippen molar-refractivity contribution in [2.24, 2.45) is 5.41 Å². The average Bonchev–Trinajstić information content (AvgIpc) is 2.87.